The summed E-state index contributed by atoms with van der Waals surface area (Å²) in [6.07, 6.45) is 0.701. The first-order valence-corrected chi connectivity index (χ1v) is 5.16. The molecule has 0 aromatic heterocycles. The van der Waals surface area contributed by atoms with E-state index in [2.05, 4.69) is 0 Å². The minimum absolute atomic E-state index is 0.569. The molecule has 0 spiro atoms. The maximum Gasteiger partial charge on any atom is 0.305 e. The van der Waals surface area contributed by atoms with E-state index in [4.69, 9.17) is 9.84 Å². The molecule has 0 aliphatic rings. The zero-order chi connectivity index (χ0) is 11.4. The molecule has 86 valence electrons. The van der Waals surface area contributed by atoms with Crippen molar-refractivity contribution in [3.63, 3.8) is 0 Å². The summed E-state index contributed by atoms with van der Waals surface area (Å²) in [6, 6.07) is 0. The Morgan fingerprint density at radius 3 is 1.64 bits per heavy atom. The predicted octanol–water partition coefficient (Wildman–Crippen LogP) is 0.991. The lowest BCUT2D eigenvalue weighted by molar-refractivity contribution is -0.407. The van der Waals surface area contributed by atoms with Gasteiger partial charge in [0.15, 0.2) is 0 Å². The molecule has 0 aromatic rings. The van der Waals surface area contributed by atoms with Gasteiger partial charge in [0.25, 0.3) is 0 Å². The third-order valence-electron chi connectivity index (χ3n) is 2.84. The number of hydrogen-bond acceptors (Lipinski definition) is 4. The summed E-state index contributed by atoms with van der Waals surface area (Å²) in [5.41, 5.74) is -0.569. The Morgan fingerprint density at radius 2 is 1.43 bits per heavy atom. The Bertz CT molecular complexity index is 153. The van der Waals surface area contributed by atoms with E-state index in [0.717, 1.165) is 0 Å². The quantitative estimate of drug-likeness (QED) is 0.567. The molecule has 14 heavy (non-hydrogen) atoms. The van der Waals surface area contributed by atoms with Crippen molar-refractivity contribution >= 4 is 0 Å². The van der Waals surface area contributed by atoms with Gasteiger partial charge in [0.1, 0.15) is 6.10 Å². The molecule has 0 aliphatic heterocycles. The predicted molar refractivity (Wildman–Crippen MR) is 53.5 cm³/mol. The van der Waals surface area contributed by atoms with E-state index in [1.807, 2.05) is 20.8 Å². The summed E-state index contributed by atoms with van der Waals surface area (Å²) < 4.78 is 5.20. The molecule has 1 atom stereocenters. The number of aliphatic hydroxyl groups is 3. The molecule has 0 aliphatic carbocycles. The van der Waals surface area contributed by atoms with E-state index < -0.39 is 17.7 Å². The first kappa shape index (κ1) is 13.8. The van der Waals surface area contributed by atoms with Gasteiger partial charge >= 0.3 is 5.97 Å². The van der Waals surface area contributed by atoms with Crippen molar-refractivity contribution < 1.29 is 20.1 Å². The van der Waals surface area contributed by atoms with E-state index >= 15 is 0 Å². The number of rotatable bonds is 6. The molecule has 3 N–H and O–H groups in total. The van der Waals surface area contributed by atoms with Crippen molar-refractivity contribution in [2.75, 3.05) is 0 Å². The molecule has 0 aromatic carbocycles. The lowest BCUT2D eigenvalue weighted by Crippen LogP contribution is -2.50. The average Bonchev–Trinajstić information content (AvgIpc) is 2.14. The molecule has 0 saturated carbocycles. The molecule has 1 unspecified atom stereocenters. The second kappa shape index (κ2) is 5.07. The number of hydrogen-bond donors (Lipinski definition) is 3. The molecule has 0 rings (SSSR count). The van der Waals surface area contributed by atoms with E-state index in [9.17, 15) is 10.2 Å². The Balaban J connectivity index is 4.58. The summed E-state index contributed by atoms with van der Waals surface area (Å²) in [5, 5.41) is 27.9. The van der Waals surface area contributed by atoms with Crippen LogP contribution in [0, 0.1) is 0 Å². The van der Waals surface area contributed by atoms with Gasteiger partial charge in [-0.1, -0.05) is 20.8 Å². The monoisotopic (exact) mass is 206 g/mol. The molecular weight excluding hydrogens is 184 g/mol. The van der Waals surface area contributed by atoms with Crippen molar-refractivity contribution in [3.8, 4) is 0 Å². The standard InChI is InChI=1S/C10H22O4/c1-5-9(6-2,7-3)14-10(12,13)8(4)11/h8,11-13H,5-7H2,1-4H3. The van der Waals surface area contributed by atoms with Crippen LogP contribution in [0.25, 0.3) is 0 Å². The fourth-order valence-corrected chi connectivity index (χ4v) is 1.37. The van der Waals surface area contributed by atoms with Crippen LogP contribution in [0.15, 0.2) is 0 Å². The molecule has 0 fully saturated rings. The van der Waals surface area contributed by atoms with Gasteiger partial charge in [-0.05, 0) is 26.2 Å². The summed E-state index contributed by atoms with van der Waals surface area (Å²) in [6.45, 7) is 7.05. The summed E-state index contributed by atoms with van der Waals surface area (Å²) >= 11 is 0. The van der Waals surface area contributed by atoms with Crippen LogP contribution in [0.1, 0.15) is 47.0 Å². The average molecular weight is 206 g/mol. The van der Waals surface area contributed by atoms with Gasteiger partial charge < -0.3 is 20.1 Å². The molecule has 0 heterocycles. The van der Waals surface area contributed by atoms with Crippen LogP contribution in [-0.2, 0) is 4.74 Å². The molecule has 4 nitrogen and oxygen atoms in total. The highest BCUT2D eigenvalue weighted by Crippen LogP contribution is 2.29. The van der Waals surface area contributed by atoms with Crippen LogP contribution in [-0.4, -0.2) is 33.0 Å². The summed E-state index contributed by atoms with van der Waals surface area (Å²) in [5.74, 6) is -2.46. The summed E-state index contributed by atoms with van der Waals surface area (Å²) in [4.78, 5) is 0. The third kappa shape index (κ3) is 3.20. The van der Waals surface area contributed by atoms with Crippen molar-refractivity contribution in [1.29, 1.82) is 0 Å². The van der Waals surface area contributed by atoms with Crippen LogP contribution < -0.4 is 0 Å². The first-order chi connectivity index (χ1) is 6.33. The van der Waals surface area contributed by atoms with Gasteiger partial charge in [-0.2, -0.15) is 0 Å². The van der Waals surface area contributed by atoms with Crippen LogP contribution in [0.2, 0.25) is 0 Å². The molecular formula is C10H22O4. The molecule has 0 radical (unpaired) electrons. The number of ether oxygens (including phenoxy) is 1. The molecule has 0 amide bonds. The fraction of sp³-hybridized carbons (Fsp3) is 1.00. The largest absolute Gasteiger partial charge is 0.385 e. The lowest BCUT2D eigenvalue weighted by atomic mass is 9.94. The smallest absolute Gasteiger partial charge is 0.305 e. The van der Waals surface area contributed by atoms with Crippen molar-refractivity contribution in [2.24, 2.45) is 0 Å². The van der Waals surface area contributed by atoms with Crippen LogP contribution in [0.4, 0.5) is 0 Å². The molecule has 0 saturated heterocycles. The Morgan fingerprint density at radius 1 is 1.07 bits per heavy atom. The normalized spacial score (nSPS) is 15.6. The van der Waals surface area contributed by atoms with Crippen LogP contribution >= 0.6 is 0 Å². The first-order valence-electron chi connectivity index (χ1n) is 5.16. The highest BCUT2D eigenvalue weighted by atomic mass is 16.8. The molecule has 4 heteroatoms. The minimum Gasteiger partial charge on any atom is -0.385 e. The van der Waals surface area contributed by atoms with E-state index in [1.54, 1.807) is 0 Å². The third-order valence-corrected chi connectivity index (χ3v) is 2.84. The van der Waals surface area contributed by atoms with Gasteiger partial charge in [0, 0.05) is 0 Å². The maximum absolute atomic E-state index is 9.40. The van der Waals surface area contributed by atoms with Gasteiger partial charge in [-0.15, -0.1) is 0 Å². The lowest BCUT2D eigenvalue weighted by Gasteiger charge is -2.38. The van der Waals surface area contributed by atoms with Crippen molar-refractivity contribution in [1.82, 2.24) is 0 Å². The highest BCUT2D eigenvalue weighted by molar-refractivity contribution is 4.78. The van der Waals surface area contributed by atoms with Crippen LogP contribution in [0.5, 0.6) is 0 Å². The summed E-state index contributed by atoms with van der Waals surface area (Å²) in [7, 11) is 0. The topological polar surface area (TPSA) is 69.9 Å². The fourth-order valence-electron chi connectivity index (χ4n) is 1.37. The Labute approximate surface area is 85.5 Å². The van der Waals surface area contributed by atoms with E-state index in [1.165, 1.54) is 6.92 Å². The van der Waals surface area contributed by atoms with Gasteiger partial charge in [-0.3, -0.25) is 0 Å². The Kier molecular flexibility index (Phi) is 5.01. The van der Waals surface area contributed by atoms with Crippen LogP contribution in [0.3, 0.4) is 0 Å². The zero-order valence-electron chi connectivity index (χ0n) is 9.45. The van der Waals surface area contributed by atoms with Gasteiger partial charge in [-0.25, -0.2) is 0 Å². The maximum atomic E-state index is 9.40. The van der Waals surface area contributed by atoms with E-state index in [-0.39, 0.29) is 0 Å². The number of aliphatic hydroxyl groups excluding tert-OH is 1. The minimum atomic E-state index is -2.46. The van der Waals surface area contributed by atoms with Gasteiger partial charge in [0.2, 0.25) is 0 Å². The SMILES string of the molecule is CCC(CC)(CC)OC(O)(O)C(C)O. The highest BCUT2D eigenvalue weighted by Gasteiger charge is 2.39. The zero-order valence-corrected chi connectivity index (χ0v) is 9.45. The Hall–Kier alpha value is -0.160. The molecule has 0 bridgehead atoms. The van der Waals surface area contributed by atoms with Gasteiger partial charge in [0.05, 0.1) is 5.60 Å². The van der Waals surface area contributed by atoms with Crippen molar-refractivity contribution in [2.45, 2.75) is 64.6 Å². The van der Waals surface area contributed by atoms with Crippen molar-refractivity contribution in [3.05, 3.63) is 0 Å². The van der Waals surface area contributed by atoms with E-state index in [0.29, 0.717) is 19.3 Å². The second-order valence-electron chi connectivity index (χ2n) is 3.68. The second-order valence-corrected chi connectivity index (χ2v) is 3.68.